The van der Waals surface area contributed by atoms with Gasteiger partial charge in [0.15, 0.2) is 0 Å². The average molecular weight is 378 g/mol. The number of rotatable bonds is 7. The molecule has 1 aromatic heterocycles. The second-order valence-electron chi connectivity index (χ2n) is 7.15. The summed E-state index contributed by atoms with van der Waals surface area (Å²) in [7, 11) is 0. The van der Waals surface area contributed by atoms with Crippen molar-refractivity contribution in [3.05, 3.63) is 77.7 Å². The summed E-state index contributed by atoms with van der Waals surface area (Å²) in [5.41, 5.74) is 2.45. The van der Waals surface area contributed by atoms with E-state index in [1.54, 1.807) is 22.9 Å². The molecule has 0 spiro atoms. The Morgan fingerprint density at radius 2 is 1.89 bits per heavy atom. The van der Waals surface area contributed by atoms with E-state index < -0.39 is 0 Å². The summed E-state index contributed by atoms with van der Waals surface area (Å²) >= 11 is 0. The normalized spacial score (nSPS) is 14.6. The van der Waals surface area contributed by atoms with Crippen LogP contribution in [0.1, 0.15) is 43.0 Å². The lowest BCUT2D eigenvalue weighted by atomic mass is 10.1. The van der Waals surface area contributed by atoms with Crippen molar-refractivity contribution in [3.63, 3.8) is 0 Å². The van der Waals surface area contributed by atoms with Gasteiger partial charge in [-0.2, -0.15) is 5.10 Å². The Balaban J connectivity index is 1.45. The van der Waals surface area contributed by atoms with Crippen LogP contribution in [0.15, 0.2) is 60.7 Å². The highest BCUT2D eigenvalue weighted by molar-refractivity contribution is 5.91. The molecule has 144 valence electrons. The van der Waals surface area contributed by atoms with Crippen molar-refractivity contribution in [2.45, 2.75) is 31.7 Å². The number of hydrogen-bond acceptors (Lipinski definition) is 3. The molecule has 2 N–H and O–H groups in total. The maximum atomic E-state index is 13.9. The summed E-state index contributed by atoms with van der Waals surface area (Å²) in [4.78, 5) is 12.5. The fraction of sp³-hybridized carbons (Fsp3) is 0.273. The van der Waals surface area contributed by atoms with Gasteiger partial charge in [-0.15, -0.1) is 0 Å². The van der Waals surface area contributed by atoms with Gasteiger partial charge in [0.2, 0.25) is 5.91 Å². The predicted octanol–water partition coefficient (Wildman–Crippen LogP) is 4.18. The van der Waals surface area contributed by atoms with E-state index in [4.69, 9.17) is 0 Å². The second-order valence-corrected chi connectivity index (χ2v) is 7.15. The van der Waals surface area contributed by atoms with Gasteiger partial charge in [0.25, 0.3) is 0 Å². The molecule has 1 unspecified atom stereocenters. The number of para-hydroxylation sites is 1. The van der Waals surface area contributed by atoms with Crippen LogP contribution in [0.4, 0.5) is 10.2 Å². The molecule has 0 saturated heterocycles. The molecule has 5 nitrogen and oxygen atoms in total. The first-order chi connectivity index (χ1) is 13.6. The van der Waals surface area contributed by atoms with E-state index >= 15 is 0 Å². The number of halogens is 1. The minimum absolute atomic E-state index is 0.0776. The average Bonchev–Trinajstić information content (AvgIpc) is 3.48. The minimum Gasteiger partial charge on any atom is -0.309 e. The highest BCUT2D eigenvalue weighted by Gasteiger charge is 2.28. The first kappa shape index (κ1) is 18.4. The lowest BCUT2D eigenvalue weighted by Gasteiger charge is -2.15. The van der Waals surface area contributed by atoms with Gasteiger partial charge in [-0.25, -0.2) is 9.07 Å². The van der Waals surface area contributed by atoms with Crippen LogP contribution in [-0.2, 0) is 4.79 Å². The van der Waals surface area contributed by atoms with Gasteiger partial charge in [-0.1, -0.05) is 36.4 Å². The molecule has 1 atom stereocenters. The Hall–Kier alpha value is -2.99. The van der Waals surface area contributed by atoms with E-state index in [9.17, 15) is 9.18 Å². The fourth-order valence-electron chi connectivity index (χ4n) is 3.20. The Morgan fingerprint density at radius 1 is 1.18 bits per heavy atom. The fourth-order valence-corrected chi connectivity index (χ4v) is 3.20. The van der Waals surface area contributed by atoms with Gasteiger partial charge in [0, 0.05) is 23.6 Å². The number of nitrogens with zero attached hydrogens (tertiary/aromatic N) is 2. The molecule has 0 radical (unpaired) electrons. The van der Waals surface area contributed by atoms with Crippen LogP contribution in [-0.4, -0.2) is 22.2 Å². The number of hydrogen-bond donors (Lipinski definition) is 2. The molecule has 6 heteroatoms. The van der Waals surface area contributed by atoms with Gasteiger partial charge in [0.05, 0.1) is 17.9 Å². The standard InChI is InChI=1S/C22H23FN4O/c1-15(18-9-5-6-10-19(18)23)24-14-22(28)25-21-13-20(16-11-12-16)26-27(21)17-7-3-2-4-8-17/h2-10,13,15-16,24H,11-12,14H2,1H3,(H,25,28). The highest BCUT2D eigenvalue weighted by Crippen LogP contribution is 2.40. The zero-order valence-corrected chi connectivity index (χ0v) is 15.7. The van der Waals surface area contributed by atoms with Crippen molar-refractivity contribution in [2.24, 2.45) is 0 Å². The number of amides is 1. The molecule has 1 fully saturated rings. The van der Waals surface area contributed by atoms with Gasteiger partial charge >= 0.3 is 0 Å². The van der Waals surface area contributed by atoms with Gasteiger partial charge < -0.3 is 10.6 Å². The Kier molecular flexibility index (Phi) is 5.21. The van der Waals surface area contributed by atoms with Crippen molar-refractivity contribution < 1.29 is 9.18 Å². The predicted molar refractivity (Wildman–Crippen MR) is 107 cm³/mol. The maximum absolute atomic E-state index is 13.9. The molecule has 28 heavy (non-hydrogen) atoms. The van der Waals surface area contributed by atoms with Crippen LogP contribution in [0, 0.1) is 5.82 Å². The van der Waals surface area contributed by atoms with Gasteiger partial charge in [-0.05, 0) is 38.0 Å². The zero-order chi connectivity index (χ0) is 19.5. The largest absolute Gasteiger partial charge is 0.309 e. The second kappa shape index (κ2) is 7.94. The molecular formula is C22H23FN4O. The van der Waals surface area contributed by atoms with E-state index in [1.165, 1.54) is 6.07 Å². The minimum atomic E-state index is -0.279. The highest BCUT2D eigenvalue weighted by atomic mass is 19.1. The summed E-state index contributed by atoms with van der Waals surface area (Å²) in [6.07, 6.45) is 2.28. The third-order valence-corrected chi connectivity index (χ3v) is 4.93. The van der Waals surface area contributed by atoms with E-state index in [0.717, 1.165) is 24.2 Å². The van der Waals surface area contributed by atoms with Gasteiger partial charge in [0.1, 0.15) is 11.6 Å². The quantitative estimate of drug-likeness (QED) is 0.648. The SMILES string of the molecule is CC(NCC(=O)Nc1cc(C2CC2)nn1-c1ccccc1)c1ccccc1F. The van der Waals surface area contributed by atoms with E-state index in [1.807, 2.05) is 43.3 Å². The molecule has 1 aliphatic rings. The molecule has 0 aliphatic heterocycles. The number of nitrogens with one attached hydrogen (secondary N) is 2. The Morgan fingerprint density at radius 3 is 2.61 bits per heavy atom. The smallest absolute Gasteiger partial charge is 0.239 e. The Bertz CT molecular complexity index is 966. The topological polar surface area (TPSA) is 59.0 Å². The van der Waals surface area contributed by atoms with Crippen LogP contribution in [0.3, 0.4) is 0 Å². The summed E-state index contributed by atoms with van der Waals surface area (Å²) in [6.45, 7) is 1.92. The summed E-state index contributed by atoms with van der Waals surface area (Å²) in [6, 6.07) is 18.0. The number of benzene rings is 2. The van der Waals surface area contributed by atoms with Crippen LogP contribution in [0.5, 0.6) is 0 Å². The van der Waals surface area contributed by atoms with E-state index in [0.29, 0.717) is 17.3 Å². The third kappa shape index (κ3) is 4.12. The first-order valence-corrected chi connectivity index (χ1v) is 9.55. The van der Waals surface area contributed by atoms with Crippen LogP contribution >= 0.6 is 0 Å². The summed E-state index contributed by atoms with van der Waals surface area (Å²) in [5, 5.41) is 10.7. The summed E-state index contributed by atoms with van der Waals surface area (Å²) < 4.78 is 15.7. The van der Waals surface area contributed by atoms with Crippen LogP contribution in [0.25, 0.3) is 5.69 Å². The molecule has 1 saturated carbocycles. The number of aromatic nitrogens is 2. The van der Waals surface area contributed by atoms with E-state index in [2.05, 4.69) is 15.7 Å². The molecule has 0 bridgehead atoms. The zero-order valence-electron chi connectivity index (χ0n) is 15.7. The van der Waals surface area contributed by atoms with E-state index in [-0.39, 0.29) is 24.3 Å². The molecule has 1 heterocycles. The van der Waals surface area contributed by atoms with Crippen molar-refractivity contribution in [1.82, 2.24) is 15.1 Å². The number of anilines is 1. The maximum Gasteiger partial charge on any atom is 0.239 e. The number of carbonyl (C=O) groups is 1. The van der Waals surface area contributed by atoms with Crippen molar-refractivity contribution in [3.8, 4) is 5.69 Å². The lowest BCUT2D eigenvalue weighted by molar-refractivity contribution is -0.115. The molecule has 4 rings (SSSR count). The molecule has 1 aliphatic carbocycles. The Labute approximate surface area is 163 Å². The molecular weight excluding hydrogens is 355 g/mol. The van der Waals surface area contributed by atoms with Gasteiger partial charge in [-0.3, -0.25) is 4.79 Å². The molecule has 3 aromatic rings. The van der Waals surface area contributed by atoms with Crippen molar-refractivity contribution in [1.29, 1.82) is 0 Å². The number of carbonyl (C=O) groups excluding carboxylic acids is 1. The van der Waals surface area contributed by atoms with Crippen LogP contribution < -0.4 is 10.6 Å². The third-order valence-electron chi connectivity index (χ3n) is 4.93. The first-order valence-electron chi connectivity index (χ1n) is 9.55. The molecule has 2 aromatic carbocycles. The van der Waals surface area contributed by atoms with Crippen molar-refractivity contribution in [2.75, 3.05) is 11.9 Å². The van der Waals surface area contributed by atoms with Crippen LogP contribution in [0.2, 0.25) is 0 Å². The summed E-state index contributed by atoms with van der Waals surface area (Å²) in [5.74, 6) is 0.667. The monoisotopic (exact) mass is 378 g/mol. The lowest BCUT2D eigenvalue weighted by Crippen LogP contribution is -2.31. The molecule has 1 amide bonds. The van der Waals surface area contributed by atoms with Crippen molar-refractivity contribution >= 4 is 11.7 Å².